The molecule has 1 amide bonds. The number of carbonyl (C=O) groups is 2. The third kappa shape index (κ3) is 3.94. The predicted molar refractivity (Wildman–Crippen MR) is 84.3 cm³/mol. The van der Waals surface area contributed by atoms with Crippen molar-refractivity contribution >= 4 is 17.6 Å². The maximum Gasteiger partial charge on any atom is 0.411 e. The van der Waals surface area contributed by atoms with Crippen LogP contribution >= 0.6 is 0 Å². The molecule has 0 radical (unpaired) electrons. The number of hydrogen-bond acceptors (Lipinski definition) is 5. The Bertz CT molecular complexity index is 670. The Morgan fingerprint density at radius 1 is 0.957 bits per heavy atom. The molecule has 0 atom stereocenters. The number of rotatable bonds is 4. The summed E-state index contributed by atoms with van der Waals surface area (Å²) < 4.78 is 9.38. The van der Waals surface area contributed by atoms with Crippen molar-refractivity contribution < 1.29 is 19.1 Å². The number of alkyl carbamates (subject to hydrolysis) is 1. The molecule has 23 heavy (non-hydrogen) atoms. The average molecular weight is 312 g/mol. The molecule has 6 nitrogen and oxygen atoms in total. The first kappa shape index (κ1) is 16.2. The lowest BCUT2D eigenvalue weighted by Gasteiger charge is -2.15. The lowest BCUT2D eigenvalue weighted by Crippen LogP contribution is -2.29. The minimum Gasteiger partial charge on any atom is -0.464 e. The molecule has 0 spiro atoms. The highest BCUT2D eigenvalue weighted by atomic mass is 16.5. The average Bonchev–Trinajstić information content (AvgIpc) is 2.62. The van der Waals surface area contributed by atoms with Crippen LogP contribution in [0.15, 0.2) is 60.6 Å². The largest absolute Gasteiger partial charge is 0.464 e. The summed E-state index contributed by atoms with van der Waals surface area (Å²) in [7, 11) is 2.46. The standard InChI is InChI=1S/C17H16N2O4/c1-22-16(20)15(19-17(21)23-2)14(12-7-4-3-5-8-12)13-9-6-10-18-11-13/h3-11H,1-2H3,(H,19,21). The van der Waals surface area contributed by atoms with E-state index in [-0.39, 0.29) is 5.70 Å². The van der Waals surface area contributed by atoms with Gasteiger partial charge in [-0.2, -0.15) is 0 Å². The van der Waals surface area contributed by atoms with Crippen LogP contribution in [0.25, 0.3) is 5.57 Å². The van der Waals surface area contributed by atoms with Crippen LogP contribution in [-0.4, -0.2) is 31.3 Å². The van der Waals surface area contributed by atoms with Crippen LogP contribution < -0.4 is 5.32 Å². The molecule has 0 aliphatic carbocycles. The van der Waals surface area contributed by atoms with Gasteiger partial charge in [0, 0.05) is 23.5 Å². The summed E-state index contributed by atoms with van der Waals surface area (Å²) in [5, 5.41) is 2.43. The zero-order valence-corrected chi connectivity index (χ0v) is 12.8. The molecule has 0 bridgehead atoms. The predicted octanol–water partition coefficient (Wildman–Crippen LogP) is 2.37. The van der Waals surface area contributed by atoms with Crippen molar-refractivity contribution in [2.45, 2.75) is 0 Å². The monoisotopic (exact) mass is 312 g/mol. The van der Waals surface area contributed by atoms with E-state index in [0.717, 1.165) is 5.56 Å². The first-order valence-electron chi connectivity index (χ1n) is 6.80. The normalized spacial score (nSPS) is 11.2. The number of nitrogens with zero attached hydrogens (tertiary/aromatic N) is 1. The van der Waals surface area contributed by atoms with Crippen LogP contribution in [0.5, 0.6) is 0 Å². The summed E-state index contributed by atoms with van der Waals surface area (Å²) in [4.78, 5) is 27.9. The molecule has 0 saturated carbocycles. The fraction of sp³-hybridized carbons (Fsp3) is 0.118. The molecule has 6 heteroatoms. The lowest BCUT2D eigenvalue weighted by molar-refractivity contribution is -0.136. The second-order valence-corrected chi connectivity index (χ2v) is 4.47. The SMILES string of the molecule is COC(=O)NC(C(=O)OC)=C(c1ccccc1)c1cccnc1. The molecule has 1 heterocycles. The number of methoxy groups -OCH3 is 2. The second kappa shape index (κ2) is 7.74. The molecule has 2 aromatic rings. The highest BCUT2D eigenvalue weighted by molar-refractivity contribution is 6.03. The van der Waals surface area contributed by atoms with E-state index in [9.17, 15) is 9.59 Å². The highest BCUT2D eigenvalue weighted by Gasteiger charge is 2.21. The van der Waals surface area contributed by atoms with E-state index < -0.39 is 12.1 Å². The van der Waals surface area contributed by atoms with Crippen LogP contribution in [0.3, 0.4) is 0 Å². The van der Waals surface area contributed by atoms with Crippen LogP contribution in [-0.2, 0) is 14.3 Å². The van der Waals surface area contributed by atoms with Gasteiger partial charge in [-0.3, -0.25) is 10.3 Å². The molecule has 1 aromatic carbocycles. The Kier molecular flexibility index (Phi) is 5.46. The van der Waals surface area contributed by atoms with Gasteiger partial charge in [0.1, 0.15) is 5.70 Å². The lowest BCUT2D eigenvalue weighted by atomic mass is 9.97. The first-order chi connectivity index (χ1) is 11.2. The highest BCUT2D eigenvalue weighted by Crippen LogP contribution is 2.26. The maximum atomic E-state index is 12.2. The third-order valence-corrected chi connectivity index (χ3v) is 3.06. The molecule has 1 N–H and O–H groups in total. The van der Waals surface area contributed by atoms with Gasteiger partial charge in [-0.25, -0.2) is 9.59 Å². The number of hydrogen-bond donors (Lipinski definition) is 1. The van der Waals surface area contributed by atoms with Crippen molar-refractivity contribution in [3.63, 3.8) is 0 Å². The Hall–Kier alpha value is -3.15. The minimum absolute atomic E-state index is 0.0152. The third-order valence-electron chi connectivity index (χ3n) is 3.06. The first-order valence-corrected chi connectivity index (χ1v) is 6.80. The Balaban J connectivity index is 2.69. The number of carbonyl (C=O) groups excluding carboxylic acids is 2. The molecule has 0 saturated heterocycles. The number of aromatic nitrogens is 1. The molecule has 2 rings (SSSR count). The van der Waals surface area contributed by atoms with Crippen molar-refractivity contribution in [3.8, 4) is 0 Å². The van der Waals surface area contributed by atoms with Crippen LogP contribution in [0, 0.1) is 0 Å². The Morgan fingerprint density at radius 2 is 1.65 bits per heavy atom. The van der Waals surface area contributed by atoms with Gasteiger partial charge in [0.15, 0.2) is 0 Å². The van der Waals surface area contributed by atoms with Gasteiger partial charge in [-0.05, 0) is 11.6 Å². The number of amides is 1. The van der Waals surface area contributed by atoms with E-state index >= 15 is 0 Å². The summed E-state index contributed by atoms with van der Waals surface area (Å²) in [6.07, 6.45) is 2.46. The van der Waals surface area contributed by atoms with E-state index in [1.54, 1.807) is 24.5 Å². The molecule has 1 aromatic heterocycles. The van der Waals surface area contributed by atoms with E-state index in [4.69, 9.17) is 4.74 Å². The van der Waals surface area contributed by atoms with Crippen molar-refractivity contribution in [1.29, 1.82) is 0 Å². The van der Waals surface area contributed by atoms with E-state index in [1.165, 1.54) is 14.2 Å². The maximum absolute atomic E-state index is 12.2. The molecular formula is C17H16N2O4. The Morgan fingerprint density at radius 3 is 2.22 bits per heavy atom. The van der Waals surface area contributed by atoms with Crippen molar-refractivity contribution in [2.24, 2.45) is 0 Å². The smallest absolute Gasteiger partial charge is 0.411 e. The van der Waals surface area contributed by atoms with E-state index in [2.05, 4.69) is 15.0 Å². The van der Waals surface area contributed by atoms with Crippen LogP contribution in [0.2, 0.25) is 0 Å². The number of nitrogens with one attached hydrogen (secondary N) is 1. The molecular weight excluding hydrogens is 296 g/mol. The molecule has 0 aliphatic heterocycles. The van der Waals surface area contributed by atoms with Crippen molar-refractivity contribution in [3.05, 3.63) is 71.7 Å². The zero-order chi connectivity index (χ0) is 16.7. The summed E-state index contributed by atoms with van der Waals surface area (Å²) in [5.74, 6) is -0.682. The molecule has 0 aliphatic rings. The van der Waals surface area contributed by atoms with Gasteiger partial charge in [-0.15, -0.1) is 0 Å². The van der Waals surface area contributed by atoms with Gasteiger partial charge in [0.05, 0.1) is 14.2 Å². The number of esters is 1. The molecule has 0 unspecified atom stereocenters. The quantitative estimate of drug-likeness (QED) is 0.693. The summed E-state index contributed by atoms with van der Waals surface area (Å²) >= 11 is 0. The van der Waals surface area contributed by atoms with Crippen molar-refractivity contribution in [1.82, 2.24) is 10.3 Å². The van der Waals surface area contributed by atoms with Crippen LogP contribution in [0.1, 0.15) is 11.1 Å². The molecule has 0 fully saturated rings. The van der Waals surface area contributed by atoms with Gasteiger partial charge in [-0.1, -0.05) is 36.4 Å². The number of ether oxygens (including phenoxy) is 2. The fourth-order valence-electron chi connectivity index (χ4n) is 2.04. The Labute approximate surface area is 133 Å². The summed E-state index contributed by atoms with van der Waals surface area (Å²) in [6, 6.07) is 12.7. The van der Waals surface area contributed by atoms with Gasteiger partial charge in [0.25, 0.3) is 0 Å². The minimum atomic E-state index is -0.761. The van der Waals surface area contributed by atoms with E-state index in [1.807, 2.05) is 30.3 Å². The second-order valence-electron chi connectivity index (χ2n) is 4.47. The van der Waals surface area contributed by atoms with E-state index in [0.29, 0.717) is 11.1 Å². The van der Waals surface area contributed by atoms with Crippen molar-refractivity contribution in [2.75, 3.05) is 14.2 Å². The zero-order valence-electron chi connectivity index (χ0n) is 12.8. The fourth-order valence-corrected chi connectivity index (χ4v) is 2.04. The summed E-state index contributed by atoms with van der Waals surface area (Å²) in [6.45, 7) is 0. The number of pyridine rings is 1. The summed E-state index contributed by atoms with van der Waals surface area (Å²) in [5.41, 5.74) is 1.88. The van der Waals surface area contributed by atoms with Gasteiger partial charge in [0.2, 0.25) is 0 Å². The number of benzene rings is 1. The van der Waals surface area contributed by atoms with Gasteiger partial charge >= 0.3 is 12.1 Å². The topological polar surface area (TPSA) is 77.5 Å². The van der Waals surface area contributed by atoms with Crippen LogP contribution in [0.4, 0.5) is 4.79 Å². The van der Waals surface area contributed by atoms with Gasteiger partial charge < -0.3 is 9.47 Å². The molecule has 118 valence electrons.